The van der Waals surface area contributed by atoms with Gasteiger partial charge in [0.15, 0.2) is 0 Å². The number of carbonyl (C=O) groups is 1. The first-order chi connectivity index (χ1) is 15.5. The number of hydrogen-bond donors (Lipinski definition) is 1. The fraction of sp³-hybridized carbons (Fsp3) is 0.276. The highest BCUT2D eigenvalue weighted by Gasteiger charge is 2.08. The third kappa shape index (κ3) is 6.41. The first-order valence-corrected chi connectivity index (χ1v) is 11.2. The zero-order valence-corrected chi connectivity index (χ0v) is 19.1. The molecule has 0 fully saturated rings. The molecule has 3 aromatic carbocycles. The molecule has 0 aliphatic heterocycles. The molecule has 3 aromatic rings. The van der Waals surface area contributed by atoms with Crippen LogP contribution >= 0.6 is 0 Å². The Balaban J connectivity index is 1.75. The number of carbonyl (C=O) groups excluding carboxylic acids is 1. The van der Waals surface area contributed by atoms with Gasteiger partial charge in [-0.1, -0.05) is 78.9 Å². The van der Waals surface area contributed by atoms with Crippen LogP contribution < -0.4 is 0 Å². The van der Waals surface area contributed by atoms with Crippen LogP contribution in [0.4, 0.5) is 0 Å². The van der Waals surface area contributed by atoms with Crippen LogP contribution in [0.2, 0.25) is 0 Å². The van der Waals surface area contributed by atoms with Crippen LogP contribution in [-0.2, 0) is 22.4 Å². The SMILES string of the molecule is C=C(C)C(=O)OCCCc1cc(-c2ccc(-c3ccc(C)cc3)cc2)ccc1CCCO. The molecule has 1 N–H and O–H groups in total. The first kappa shape index (κ1) is 23.5. The third-order valence-corrected chi connectivity index (χ3v) is 5.59. The highest BCUT2D eigenvalue weighted by molar-refractivity contribution is 5.86. The molecule has 0 aromatic heterocycles. The summed E-state index contributed by atoms with van der Waals surface area (Å²) in [7, 11) is 0. The summed E-state index contributed by atoms with van der Waals surface area (Å²) in [5, 5.41) is 9.25. The molecule has 0 radical (unpaired) electrons. The van der Waals surface area contributed by atoms with Crippen LogP contribution in [0.3, 0.4) is 0 Å². The van der Waals surface area contributed by atoms with E-state index < -0.39 is 0 Å². The van der Waals surface area contributed by atoms with Gasteiger partial charge in [0, 0.05) is 12.2 Å². The molecule has 0 aliphatic carbocycles. The molecule has 3 nitrogen and oxygen atoms in total. The molecule has 0 aliphatic rings. The maximum Gasteiger partial charge on any atom is 0.333 e. The Morgan fingerprint density at radius 1 is 0.812 bits per heavy atom. The summed E-state index contributed by atoms with van der Waals surface area (Å²) in [5.41, 5.74) is 8.92. The van der Waals surface area contributed by atoms with Gasteiger partial charge in [-0.2, -0.15) is 0 Å². The maximum absolute atomic E-state index is 11.6. The molecule has 0 unspecified atom stereocenters. The van der Waals surface area contributed by atoms with E-state index in [1.165, 1.54) is 38.9 Å². The fourth-order valence-electron chi connectivity index (χ4n) is 3.70. The van der Waals surface area contributed by atoms with E-state index in [2.05, 4.69) is 80.2 Å². The average Bonchev–Trinajstić information content (AvgIpc) is 2.81. The molecule has 32 heavy (non-hydrogen) atoms. The van der Waals surface area contributed by atoms with E-state index in [1.807, 2.05) is 0 Å². The van der Waals surface area contributed by atoms with E-state index in [0.717, 1.165) is 25.7 Å². The van der Waals surface area contributed by atoms with Gasteiger partial charge < -0.3 is 9.84 Å². The molecule has 0 saturated heterocycles. The van der Waals surface area contributed by atoms with Gasteiger partial charge >= 0.3 is 5.97 Å². The molecule has 0 bridgehead atoms. The van der Waals surface area contributed by atoms with Gasteiger partial charge in [-0.25, -0.2) is 4.79 Å². The van der Waals surface area contributed by atoms with Gasteiger partial charge in [-0.3, -0.25) is 0 Å². The largest absolute Gasteiger partial charge is 0.462 e. The first-order valence-electron chi connectivity index (χ1n) is 11.2. The Hall–Kier alpha value is -3.17. The molecule has 0 amide bonds. The molecule has 0 heterocycles. The van der Waals surface area contributed by atoms with Crippen LogP contribution in [0.15, 0.2) is 78.9 Å². The van der Waals surface area contributed by atoms with Gasteiger partial charge in [-0.15, -0.1) is 0 Å². The lowest BCUT2D eigenvalue weighted by molar-refractivity contribution is -0.139. The smallest absolute Gasteiger partial charge is 0.333 e. The fourth-order valence-corrected chi connectivity index (χ4v) is 3.70. The second-order valence-electron chi connectivity index (χ2n) is 8.27. The lowest BCUT2D eigenvalue weighted by Gasteiger charge is -2.13. The Kier molecular flexibility index (Phi) is 8.41. The minimum atomic E-state index is -0.340. The van der Waals surface area contributed by atoms with Crippen molar-refractivity contribution < 1.29 is 14.6 Å². The summed E-state index contributed by atoms with van der Waals surface area (Å²) in [6.07, 6.45) is 3.15. The van der Waals surface area contributed by atoms with Gasteiger partial charge in [0.25, 0.3) is 0 Å². The van der Waals surface area contributed by atoms with Crippen LogP contribution in [0, 0.1) is 6.92 Å². The summed E-state index contributed by atoms with van der Waals surface area (Å²) < 4.78 is 5.25. The summed E-state index contributed by atoms with van der Waals surface area (Å²) in [5.74, 6) is -0.340. The standard InChI is InChI=1S/C29H32O3/c1-21(2)29(31)32-19-5-7-27-20-28(17-16-23(27)6-4-18-30)26-14-12-25(13-15-26)24-10-8-22(3)9-11-24/h8-17,20,30H,1,4-7,18-19H2,2-3H3. The van der Waals surface area contributed by atoms with E-state index in [4.69, 9.17) is 4.74 Å². The molecular formula is C29H32O3. The van der Waals surface area contributed by atoms with Crippen molar-refractivity contribution in [2.75, 3.05) is 13.2 Å². The number of aliphatic hydroxyl groups is 1. The molecule has 166 valence electrons. The maximum atomic E-state index is 11.6. The molecular weight excluding hydrogens is 396 g/mol. The van der Waals surface area contributed by atoms with Crippen LogP contribution in [0.25, 0.3) is 22.3 Å². The average molecular weight is 429 g/mol. The van der Waals surface area contributed by atoms with Crippen molar-refractivity contribution in [1.29, 1.82) is 0 Å². The zero-order chi connectivity index (χ0) is 22.9. The predicted octanol–water partition coefficient (Wildman–Crippen LogP) is 6.31. The molecule has 0 spiro atoms. The second kappa shape index (κ2) is 11.4. The lowest BCUT2D eigenvalue weighted by atomic mass is 9.93. The molecule has 0 atom stereocenters. The Morgan fingerprint density at radius 3 is 1.94 bits per heavy atom. The summed E-state index contributed by atoms with van der Waals surface area (Å²) >= 11 is 0. The quantitative estimate of drug-likeness (QED) is 0.234. The Bertz CT molecular complexity index is 1050. The molecule has 3 rings (SSSR count). The van der Waals surface area contributed by atoms with Crippen molar-refractivity contribution in [2.24, 2.45) is 0 Å². The van der Waals surface area contributed by atoms with Gasteiger partial charge in [-0.05, 0) is 72.9 Å². The lowest BCUT2D eigenvalue weighted by Crippen LogP contribution is -2.07. The van der Waals surface area contributed by atoms with E-state index >= 15 is 0 Å². The number of aliphatic hydroxyl groups excluding tert-OH is 1. The monoisotopic (exact) mass is 428 g/mol. The van der Waals surface area contributed by atoms with Crippen molar-refractivity contribution in [3.05, 3.63) is 95.6 Å². The van der Waals surface area contributed by atoms with Crippen molar-refractivity contribution in [3.8, 4) is 22.3 Å². The predicted molar refractivity (Wildman–Crippen MR) is 132 cm³/mol. The number of aryl methyl sites for hydroxylation is 3. The van der Waals surface area contributed by atoms with Crippen molar-refractivity contribution in [1.82, 2.24) is 0 Å². The number of hydrogen-bond acceptors (Lipinski definition) is 3. The van der Waals surface area contributed by atoms with Crippen molar-refractivity contribution in [2.45, 2.75) is 39.5 Å². The highest BCUT2D eigenvalue weighted by Crippen LogP contribution is 2.27. The molecule has 0 saturated carbocycles. The summed E-state index contributed by atoms with van der Waals surface area (Å²) in [6.45, 7) is 7.92. The minimum Gasteiger partial charge on any atom is -0.462 e. The van der Waals surface area contributed by atoms with E-state index in [9.17, 15) is 9.90 Å². The Morgan fingerprint density at radius 2 is 1.34 bits per heavy atom. The van der Waals surface area contributed by atoms with Crippen molar-refractivity contribution >= 4 is 5.97 Å². The number of benzene rings is 3. The zero-order valence-electron chi connectivity index (χ0n) is 19.1. The van der Waals surface area contributed by atoms with Crippen LogP contribution in [0.5, 0.6) is 0 Å². The Labute approximate surface area is 191 Å². The van der Waals surface area contributed by atoms with E-state index in [0.29, 0.717) is 12.2 Å². The van der Waals surface area contributed by atoms with Crippen LogP contribution in [0.1, 0.15) is 36.5 Å². The number of ether oxygens (including phenoxy) is 1. The normalized spacial score (nSPS) is 10.7. The van der Waals surface area contributed by atoms with E-state index in [-0.39, 0.29) is 12.6 Å². The van der Waals surface area contributed by atoms with Gasteiger partial charge in [0.05, 0.1) is 6.61 Å². The second-order valence-corrected chi connectivity index (χ2v) is 8.27. The minimum absolute atomic E-state index is 0.178. The number of esters is 1. The topological polar surface area (TPSA) is 46.5 Å². The highest BCUT2D eigenvalue weighted by atomic mass is 16.5. The number of rotatable bonds is 10. The molecule has 3 heteroatoms. The summed E-state index contributed by atoms with van der Waals surface area (Å²) in [4.78, 5) is 11.6. The third-order valence-electron chi connectivity index (χ3n) is 5.59. The van der Waals surface area contributed by atoms with E-state index in [1.54, 1.807) is 6.92 Å². The van der Waals surface area contributed by atoms with Crippen molar-refractivity contribution in [3.63, 3.8) is 0 Å². The van der Waals surface area contributed by atoms with Gasteiger partial charge in [0.1, 0.15) is 0 Å². The summed E-state index contributed by atoms with van der Waals surface area (Å²) in [6, 6.07) is 23.8. The van der Waals surface area contributed by atoms with Crippen LogP contribution in [-0.4, -0.2) is 24.3 Å². The van der Waals surface area contributed by atoms with Gasteiger partial charge in [0.2, 0.25) is 0 Å².